The van der Waals surface area contributed by atoms with E-state index in [2.05, 4.69) is 6.58 Å². The van der Waals surface area contributed by atoms with E-state index in [0.717, 1.165) is 0 Å². The molecule has 0 heterocycles. The Morgan fingerprint density at radius 3 is 2.83 bits per heavy atom. The fourth-order valence-electron chi connectivity index (χ4n) is 0.876. The van der Waals surface area contributed by atoms with Gasteiger partial charge in [-0.2, -0.15) is 0 Å². The lowest BCUT2D eigenvalue weighted by atomic mass is 10.1. The third-order valence-electron chi connectivity index (χ3n) is 1.52. The normalized spacial score (nSPS) is 12.6. The van der Waals surface area contributed by atoms with Crippen molar-refractivity contribution in [2.45, 2.75) is 6.10 Å². The van der Waals surface area contributed by atoms with Gasteiger partial charge in [0.15, 0.2) is 0 Å². The van der Waals surface area contributed by atoms with Crippen LogP contribution in [0.2, 0.25) is 5.02 Å². The third-order valence-corrected chi connectivity index (χ3v) is 1.92. The predicted molar refractivity (Wildman–Crippen MR) is 46.6 cm³/mol. The molecule has 1 aromatic carbocycles. The Labute approximate surface area is 75.1 Å². The molecule has 0 aliphatic heterocycles. The SMILES string of the molecule is C=CC(O)c1cccc(F)c1Cl. The van der Waals surface area contributed by atoms with Crippen LogP contribution in [0.5, 0.6) is 0 Å². The summed E-state index contributed by atoms with van der Waals surface area (Å²) in [5.74, 6) is -0.532. The first-order valence-corrected chi connectivity index (χ1v) is 3.79. The lowest BCUT2D eigenvalue weighted by molar-refractivity contribution is 0.228. The molecule has 0 aromatic heterocycles. The van der Waals surface area contributed by atoms with Gasteiger partial charge in [-0.1, -0.05) is 29.8 Å². The maximum atomic E-state index is 12.8. The van der Waals surface area contributed by atoms with Crippen LogP contribution in [0.3, 0.4) is 0 Å². The van der Waals surface area contributed by atoms with E-state index in [-0.39, 0.29) is 5.02 Å². The highest BCUT2D eigenvalue weighted by Crippen LogP contribution is 2.25. The zero-order valence-corrected chi connectivity index (χ0v) is 7.05. The number of halogens is 2. The summed E-state index contributed by atoms with van der Waals surface area (Å²) < 4.78 is 12.8. The van der Waals surface area contributed by atoms with Crippen molar-refractivity contribution in [3.8, 4) is 0 Å². The highest BCUT2D eigenvalue weighted by molar-refractivity contribution is 6.31. The lowest BCUT2D eigenvalue weighted by Gasteiger charge is -2.07. The van der Waals surface area contributed by atoms with Gasteiger partial charge >= 0.3 is 0 Å². The van der Waals surface area contributed by atoms with E-state index in [1.54, 1.807) is 6.07 Å². The summed E-state index contributed by atoms with van der Waals surface area (Å²) >= 11 is 5.58. The Balaban J connectivity index is 3.15. The van der Waals surface area contributed by atoms with Gasteiger partial charge in [0.1, 0.15) is 5.82 Å². The Bertz CT molecular complexity index is 299. The minimum atomic E-state index is -0.909. The first kappa shape index (κ1) is 9.23. The molecule has 0 bridgehead atoms. The molecule has 1 unspecified atom stereocenters. The number of aliphatic hydroxyl groups is 1. The summed E-state index contributed by atoms with van der Waals surface area (Å²) in [5.41, 5.74) is 0.340. The molecule has 0 fully saturated rings. The largest absolute Gasteiger partial charge is 0.384 e. The molecule has 0 radical (unpaired) electrons. The molecular formula is C9H8ClFO. The van der Waals surface area contributed by atoms with Crippen LogP contribution in [0.4, 0.5) is 4.39 Å². The van der Waals surface area contributed by atoms with Crippen molar-refractivity contribution in [2.75, 3.05) is 0 Å². The van der Waals surface area contributed by atoms with Crippen LogP contribution in [0.25, 0.3) is 0 Å². The average molecular weight is 187 g/mol. The number of rotatable bonds is 2. The second-order valence-corrected chi connectivity index (χ2v) is 2.70. The number of hydrogen-bond donors (Lipinski definition) is 1. The summed E-state index contributed by atoms with van der Waals surface area (Å²) in [7, 11) is 0. The summed E-state index contributed by atoms with van der Waals surface area (Å²) in [6.07, 6.45) is 0.383. The van der Waals surface area contributed by atoms with E-state index in [4.69, 9.17) is 11.6 Å². The number of benzene rings is 1. The first-order valence-electron chi connectivity index (χ1n) is 3.41. The molecule has 1 nitrogen and oxygen atoms in total. The Morgan fingerprint density at radius 2 is 2.25 bits per heavy atom. The van der Waals surface area contributed by atoms with Gasteiger partial charge in [0, 0.05) is 5.56 Å². The van der Waals surface area contributed by atoms with Crippen molar-refractivity contribution in [1.29, 1.82) is 0 Å². The maximum absolute atomic E-state index is 12.8. The molecule has 1 aromatic rings. The zero-order chi connectivity index (χ0) is 9.14. The fraction of sp³-hybridized carbons (Fsp3) is 0.111. The second kappa shape index (κ2) is 3.70. The first-order chi connectivity index (χ1) is 5.66. The molecule has 0 amide bonds. The van der Waals surface area contributed by atoms with Crippen molar-refractivity contribution in [3.63, 3.8) is 0 Å². The summed E-state index contributed by atoms with van der Waals surface area (Å²) in [5, 5.41) is 9.21. The van der Waals surface area contributed by atoms with E-state index in [0.29, 0.717) is 5.56 Å². The molecule has 0 spiro atoms. The molecular weight excluding hydrogens is 179 g/mol. The van der Waals surface area contributed by atoms with Crippen molar-refractivity contribution < 1.29 is 9.50 Å². The summed E-state index contributed by atoms with van der Waals surface area (Å²) in [4.78, 5) is 0. The van der Waals surface area contributed by atoms with Gasteiger partial charge in [0.05, 0.1) is 11.1 Å². The highest BCUT2D eigenvalue weighted by Gasteiger charge is 2.10. The Morgan fingerprint density at radius 1 is 1.58 bits per heavy atom. The van der Waals surface area contributed by atoms with Crippen molar-refractivity contribution in [1.82, 2.24) is 0 Å². The smallest absolute Gasteiger partial charge is 0.142 e. The quantitative estimate of drug-likeness (QED) is 0.705. The van der Waals surface area contributed by atoms with Gasteiger partial charge < -0.3 is 5.11 Å². The number of aliphatic hydroxyl groups excluding tert-OH is 1. The highest BCUT2D eigenvalue weighted by atomic mass is 35.5. The van der Waals surface area contributed by atoms with Crippen LogP contribution >= 0.6 is 11.6 Å². The molecule has 1 rings (SSSR count). The molecule has 0 aliphatic rings. The van der Waals surface area contributed by atoms with Crippen LogP contribution < -0.4 is 0 Å². The lowest BCUT2D eigenvalue weighted by Crippen LogP contribution is -1.94. The molecule has 0 aliphatic carbocycles. The molecule has 12 heavy (non-hydrogen) atoms. The predicted octanol–water partition coefficient (Wildman–Crippen LogP) is 2.70. The van der Waals surface area contributed by atoms with Crippen LogP contribution in [0, 0.1) is 5.82 Å². The minimum Gasteiger partial charge on any atom is -0.384 e. The van der Waals surface area contributed by atoms with Gasteiger partial charge in [0.25, 0.3) is 0 Å². The topological polar surface area (TPSA) is 20.2 Å². The fourth-order valence-corrected chi connectivity index (χ4v) is 1.11. The minimum absolute atomic E-state index is 0.0510. The van der Waals surface area contributed by atoms with E-state index >= 15 is 0 Å². The Kier molecular flexibility index (Phi) is 2.84. The van der Waals surface area contributed by atoms with Crippen LogP contribution in [0.1, 0.15) is 11.7 Å². The molecule has 0 saturated heterocycles. The van der Waals surface area contributed by atoms with Gasteiger partial charge in [-0.3, -0.25) is 0 Å². The summed E-state index contributed by atoms with van der Waals surface area (Å²) in [6, 6.07) is 4.28. The van der Waals surface area contributed by atoms with Crippen LogP contribution in [0.15, 0.2) is 30.9 Å². The van der Waals surface area contributed by atoms with Gasteiger partial charge in [-0.15, -0.1) is 6.58 Å². The zero-order valence-electron chi connectivity index (χ0n) is 6.30. The van der Waals surface area contributed by atoms with Crippen LogP contribution in [-0.4, -0.2) is 5.11 Å². The monoisotopic (exact) mass is 186 g/mol. The standard InChI is InChI=1S/C9H8ClFO/c1-2-8(12)6-4-3-5-7(11)9(6)10/h2-5,8,12H,1H2. The molecule has 1 atom stereocenters. The van der Waals surface area contributed by atoms with Gasteiger partial charge in [-0.25, -0.2) is 4.39 Å². The molecule has 64 valence electrons. The van der Waals surface area contributed by atoms with Crippen LogP contribution in [-0.2, 0) is 0 Å². The molecule has 3 heteroatoms. The summed E-state index contributed by atoms with van der Waals surface area (Å²) in [6.45, 7) is 3.38. The van der Waals surface area contributed by atoms with E-state index < -0.39 is 11.9 Å². The van der Waals surface area contributed by atoms with E-state index in [9.17, 15) is 9.50 Å². The van der Waals surface area contributed by atoms with Gasteiger partial charge in [0.2, 0.25) is 0 Å². The average Bonchev–Trinajstić information content (AvgIpc) is 2.08. The molecule has 0 saturated carbocycles. The number of hydrogen-bond acceptors (Lipinski definition) is 1. The van der Waals surface area contributed by atoms with E-state index in [1.165, 1.54) is 18.2 Å². The second-order valence-electron chi connectivity index (χ2n) is 2.32. The third kappa shape index (κ3) is 1.65. The van der Waals surface area contributed by atoms with Crippen molar-refractivity contribution in [3.05, 3.63) is 47.3 Å². The van der Waals surface area contributed by atoms with E-state index in [1.807, 2.05) is 0 Å². The van der Waals surface area contributed by atoms with Gasteiger partial charge in [-0.05, 0) is 6.07 Å². The van der Waals surface area contributed by atoms with Crippen molar-refractivity contribution in [2.24, 2.45) is 0 Å². The maximum Gasteiger partial charge on any atom is 0.142 e. The Hall–Kier alpha value is -0.860. The molecule has 1 N–H and O–H groups in total. The van der Waals surface area contributed by atoms with Crippen molar-refractivity contribution >= 4 is 11.6 Å².